The van der Waals surface area contributed by atoms with Crippen molar-refractivity contribution in [3.8, 4) is 11.4 Å². The Morgan fingerprint density at radius 2 is 2.24 bits per heavy atom. The van der Waals surface area contributed by atoms with E-state index in [4.69, 9.17) is 17.0 Å². The van der Waals surface area contributed by atoms with Crippen LogP contribution in [-0.2, 0) is 17.8 Å². The first-order chi connectivity index (χ1) is 10.2. The number of H-pyrrole nitrogens is 1. The number of aryl methyl sites for hydroxylation is 1. The van der Waals surface area contributed by atoms with Crippen LogP contribution in [0.5, 0.6) is 0 Å². The van der Waals surface area contributed by atoms with Crippen LogP contribution in [-0.4, -0.2) is 33.0 Å². The fraction of sp³-hybridized carbons (Fsp3) is 0.500. The van der Waals surface area contributed by atoms with E-state index in [-0.39, 0.29) is 5.56 Å². The van der Waals surface area contributed by atoms with Crippen molar-refractivity contribution >= 4 is 12.2 Å². The molecular weight excluding hydrogens is 288 g/mol. The number of methoxy groups -OCH3 is 1. The molecule has 2 aromatic rings. The highest BCUT2D eigenvalue weighted by Crippen LogP contribution is 2.13. The van der Waals surface area contributed by atoms with Crippen molar-refractivity contribution in [2.24, 2.45) is 0 Å². The summed E-state index contributed by atoms with van der Waals surface area (Å²) >= 11 is 5.22. The van der Waals surface area contributed by atoms with E-state index in [0.29, 0.717) is 29.3 Å². The lowest BCUT2D eigenvalue weighted by Crippen LogP contribution is -2.22. The first-order valence-corrected chi connectivity index (χ1v) is 7.43. The van der Waals surface area contributed by atoms with Crippen molar-refractivity contribution in [2.45, 2.75) is 32.9 Å². The Labute approximate surface area is 128 Å². The molecule has 0 unspecified atom stereocenters. The summed E-state index contributed by atoms with van der Waals surface area (Å²) in [6.07, 6.45) is 3.50. The second-order valence-electron chi connectivity index (χ2n) is 4.77. The summed E-state index contributed by atoms with van der Waals surface area (Å²) in [4.78, 5) is 12.6. The van der Waals surface area contributed by atoms with Crippen LogP contribution in [0.2, 0.25) is 0 Å². The lowest BCUT2D eigenvalue weighted by molar-refractivity contribution is 0.190. The van der Waals surface area contributed by atoms with Gasteiger partial charge in [0, 0.05) is 33.0 Å². The Bertz CT molecular complexity index is 701. The maximum atomic E-state index is 12.6. The van der Waals surface area contributed by atoms with Gasteiger partial charge in [0.05, 0.1) is 5.56 Å². The molecule has 2 aromatic heterocycles. The lowest BCUT2D eigenvalue weighted by Gasteiger charge is -2.08. The van der Waals surface area contributed by atoms with Gasteiger partial charge in [-0.3, -0.25) is 9.89 Å². The molecule has 6 nitrogen and oxygen atoms in total. The van der Waals surface area contributed by atoms with Gasteiger partial charge in [0.1, 0.15) is 0 Å². The highest BCUT2D eigenvalue weighted by atomic mass is 32.1. The number of rotatable bonds is 7. The molecule has 0 saturated heterocycles. The van der Waals surface area contributed by atoms with E-state index in [9.17, 15) is 4.79 Å². The first kappa shape index (κ1) is 15.7. The van der Waals surface area contributed by atoms with Crippen LogP contribution in [0.1, 0.15) is 19.8 Å². The second-order valence-corrected chi connectivity index (χ2v) is 5.16. The number of aromatic amines is 1. The normalized spacial score (nSPS) is 11.0. The number of hydrogen-bond donors (Lipinski definition) is 1. The average molecular weight is 308 g/mol. The van der Waals surface area contributed by atoms with Crippen molar-refractivity contribution in [1.82, 2.24) is 19.3 Å². The Morgan fingerprint density at radius 3 is 2.95 bits per heavy atom. The molecule has 0 saturated carbocycles. The molecule has 0 aliphatic heterocycles. The fourth-order valence-corrected chi connectivity index (χ4v) is 2.44. The van der Waals surface area contributed by atoms with Gasteiger partial charge in [0.25, 0.3) is 5.56 Å². The van der Waals surface area contributed by atoms with Gasteiger partial charge in [-0.2, -0.15) is 5.10 Å². The zero-order valence-electron chi connectivity index (χ0n) is 12.3. The largest absolute Gasteiger partial charge is 0.385 e. The first-order valence-electron chi connectivity index (χ1n) is 7.03. The molecule has 0 bridgehead atoms. The Morgan fingerprint density at radius 1 is 1.43 bits per heavy atom. The quantitative estimate of drug-likeness (QED) is 0.629. The predicted octanol–water partition coefficient (Wildman–Crippen LogP) is 2.22. The van der Waals surface area contributed by atoms with Gasteiger partial charge in [-0.15, -0.1) is 0 Å². The Kier molecular flexibility index (Phi) is 5.46. The molecule has 2 heterocycles. The molecule has 0 spiro atoms. The van der Waals surface area contributed by atoms with Crippen LogP contribution < -0.4 is 5.56 Å². The lowest BCUT2D eigenvalue weighted by atomic mass is 10.2. The van der Waals surface area contributed by atoms with Crippen LogP contribution in [0.25, 0.3) is 11.4 Å². The maximum absolute atomic E-state index is 12.6. The molecule has 1 N–H and O–H groups in total. The molecule has 0 aromatic carbocycles. The van der Waals surface area contributed by atoms with E-state index in [0.717, 1.165) is 19.4 Å². The van der Waals surface area contributed by atoms with Gasteiger partial charge in [0.2, 0.25) is 0 Å². The van der Waals surface area contributed by atoms with Crippen LogP contribution in [0.4, 0.5) is 0 Å². The minimum absolute atomic E-state index is 0.0556. The monoisotopic (exact) mass is 308 g/mol. The third kappa shape index (κ3) is 3.48. The minimum Gasteiger partial charge on any atom is -0.385 e. The van der Waals surface area contributed by atoms with Gasteiger partial charge < -0.3 is 13.9 Å². The number of pyridine rings is 1. The Hall–Kier alpha value is -1.73. The van der Waals surface area contributed by atoms with E-state index in [1.165, 1.54) is 0 Å². The van der Waals surface area contributed by atoms with Crippen molar-refractivity contribution in [3.63, 3.8) is 0 Å². The molecule has 21 heavy (non-hydrogen) atoms. The molecule has 0 radical (unpaired) electrons. The van der Waals surface area contributed by atoms with Crippen molar-refractivity contribution < 1.29 is 4.74 Å². The highest BCUT2D eigenvalue weighted by molar-refractivity contribution is 7.71. The smallest absolute Gasteiger partial charge is 0.261 e. The number of aromatic nitrogens is 4. The third-order valence-electron chi connectivity index (χ3n) is 3.21. The highest BCUT2D eigenvalue weighted by Gasteiger charge is 2.13. The maximum Gasteiger partial charge on any atom is 0.261 e. The summed E-state index contributed by atoms with van der Waals surface area (Å²) in [6.45, 7) is 4.06. The number of ether oxygens (including phenoxy) is 1. The van der Waals surface area contributed by atoms with E-state index in [1.807, 2.05) is 10.6 Å². The SMILES string of the molecule is CCCn1c(-c2cccn(CCCOC)c2=O)n[nH]c1=S. The van der Waals surface area contributed by atoms with Crippen molar-refractivity contribution in [2.75, 3.05) is 13.7 Å². The van der Waals surface area contributed by atoms with E-state index in [1.54, 1.807) is 23.9 Å². The number of hydrogen-bond acceptors (Lipinski definition) is 4. The summed E-state index contributed by atoms with van der Waals surface area (Å²) in [5.74, 6) is 0.605. The second kappa shape index (κ2) is 7.33. The Balaban J connectivity index is 2.39. The molecule has 114 valence electrons. The van der Waals surface area contributed by atoms with Crippen molar-refractivity contribution in [3.05, 3.63) is 33.5 Å². The average Bonchev–Trinajstić information content (AvgIpc) is 2.83. The van der Waals surface area contributed by atoms with Gasteiger partial charge in [-0.1, -0.05) is 6.92 Å². The minimum atomic E-state index is -0.0556. The van der Waals surface area contributed by atoms with Gasteiger partial charge in [0.15, 0.2) is 10.6 Å². The zero-order chi connectivity index (χ0) is 15.2. The van der Waals surface area contributed by atoms with E-state index >= 15 is 0 Å². The van der Waals surface area contributed by atoms with Gasteiger partial charge >= 0.3 is 0 Å². The standard InChI is InChI=1S/C14H20N4O2S/c1-3-7-18-12(15-16-14(18)21)11-6-4-8-17(13(11)19)9-5-10-20-2/h4,6,8H,3,5,7,9-10H2,1-2H3,(H,16,21). The van der Waals surface area contributed by atoms with E-state index in [2.05, 4.69) is 17.1 Å². The summed E-state index contributed by atoms with van der Waals surface area (Å²) in [5.41, 5.74) is 0.510. The summed E-state index contributed by atoms with van der Waals surface area (Å²) in [5, 5.41) is 6.98. The molecule has 0 aliphatic rings. The number of nitrogens with one attached hydrogen (secondary N) is 1. The van der Waals surface area contributed by atoms with E-state index < -0.39 is 0 Å². The third-order valence-corrected chi connectivity index (χ3v) is 3.53. The summed E-state index contributed by atoms with van der Waals surface area (Å²) in [7, 11) is 1.65. The van der Waals surface area contributed by atoms with Gasteiger partial charge in [-0.05, 0) is 37.2 Å². The predicted molar refractivity (Wildman–Crippen MR) is 83.9 cm³/mol. The fourth-order valence-electron chi connectivity index (χ4n) is 2.22. The summed E-state index contributed by atoms with van der Waals surface area (Å²) in [6, 6.07) is 3.64. The zero-order valence-corrected chi connectivity index (χ0v) is 13.2. The molecular formula is C14H20N4O2S. The number of nitrogens with zero attached hydrogens (tertiary/aromatic N) is 3. The van der Waals surface area contributed by atoms with Gasteiger partial charge in [-0.25, -0.2) is 0 Å². The molecule has 0 amide bonds. The van der Waals surface area contributed by atoms with Crippen LogP contribution in [0.15, 0.2) is 23.1 Å². The van der Waals surface area contributed by atoms with Crippen LogP contribution in [0, 0.1) is 4.77 Å². The van der Waals surface area contributed by atoms with Crippen LogP contribution >= 0.6 is 12.2 Å². The molecule has 0 fully saturated rings. The molecule has 7 heteroatoms. The molecule has 0 aliphatic carbocycles. The van der Waals surface area contributed by atoms with Crippen LogP contribution in [0.3, 0.4) is 0 Å². The van der Waals surface area contributed by atoms with Crippen molar-refractivity contribution in [1.29, 1.82) is 0 Å². The topological polar surface area (TPSA) is 64.8 Å². The summed E-state index contributed by atoms with van der Waals surface area (Å²) < 4.78 is 9.11. The molecule has 2 rings (SSSR count). The molecule has 0 atom stereocenters.